The summed E-state index contributed by atoms with van der Waals surface area (Å²) in [5, 5.41) is 12.7. The molecule has 1 aliphatic rings. The predicted octanol–water partition coefficient (Wildman–Crippen LogP) is 4.88. The molecule has 0 heterocycles. The third-order valence-electron chi connectivity index (χ3n) is 4.28. The molecule has 2 nitrogen and oxygen atoms in total. The second-order valence-corrected chi connectivity index (χ2v) is 7.90. The Balaban J connectivity index is 2.19. The molecule has 0 atom stereocenters. The van der Waals surface area contributed by atoms with E-state index in [-0.39, 0.29) is 0 Å². The van der Waals surface area contributed by atoms with Crippen LogP contribution in [0.15, 0.2) is 18.2 Å². The van der Waals surface area contributed by atoms with E-state index >= 15 is 0 Å². The molecule has 0 bridgehead atoms. The number of anilines is 1. The number of rotatable bonds is 2. The van der Waals surface area contributed by atoms with Crippen LogP contribution in [-0.2, 0) is 0 Å². The van der Waals surface area contributed by atoms with E-state index in [0.717, 1.165) is 11.3 Å². The number of nitriles is 1. The fraction of sp³-hybridized carbons (Fsp3) is 0.611. The molecular weight excluding hydrogens is 244 g/mol. The summed E-state index contributed by atoms with van der Waals surface area (Å²) in [4.78, 5) is 0. The molecule has 0 saturated heterocycles. The van der Waals surface area contributed by atoms with E-state index in [4.69, 9.17) is 5.26 Å². The van der Waals surface area contributed by atoms with E-state index in [1.807, 2.05) is 18.2 Å². The lowest BCUT2D eigenvalue weighted by Gasteiger charge is -2.45. The van der Waals surface area contributed by atoms with Gasteiger partial charge in [-0.1, -0.05) is 33.8 Å². The zero-order chi connectivity index (χ0) is 15.0. The molecule has 0 unspecified atom stereocenters. The fourth-order valence-corrected chi connectivity index (χ4v) is 4.02. The molecule has 1 aromatic carbocycles. The Morgan fingerprint density at radius 2 is 1.75 bits per heavy atom. The van der Waals surface area contributed by atoms with Gasteiger partial charge in [0.15, 0.2) is 0 Å². The number of hydrogen-bond acceptors (Lipinski definition) is 2. The number of nitrogens with one attached hydrogen (secondary N) is 1. The van der Waals surface area contributed by atoms with Crippen LogP contribution in [0.1, 0.15) is 58.1 Å². The summed E-state index contributed by atoms with van der Waals surface area (Å²) in [7, 11) is 0. The standard InChI is InChI=1S/C18H26N2/c1-13-6-7-14(11-19)8-16(13)20-15-9-17(2,3)12-18(4,5)10-15/h6-8,15,20H,9-10,12H2,1-5H3. The molecule has 1 saturated carbocycles. The van der Waals surface area contributed by atoms with E-state index in [0.29, 0.717) is 16.9 Å². The van der Waals surface area contributed by atoms with E-state index in [1.165, 1.54) is 24.8 Å². The molecule has 1 aliphatic carbocycles. The molecule has 2 heteroatoms. The lowest BCUT2D eigenvalue weighted by atomic mass is 9.63. The van der Waals surface area contributed by atoms with Crippen LogP contribution in [0.3, 0.4) is 0 Å². The van der Waals surface area contributed by atoms with Gasteiger partial charge in [-0.2, -0.15) is 5.26 Å². The number of hydrogen-bond donors (Lipinski definition) is 1. The summed E-state index contributed by atoms with van der Waals surface area (Å²) in [5.41, 5.74) is 3.81. The molecule has 0 aromatic heterocycles. The van der Waals surface area contributed by atoms with Crippen molar-refractivity contribution < 1.29 is 0 Å². The number of aryl methyl sites for hydroxylation is 1. The third-order valence-corrected chi connectivity index (χ3v) is 4.28. The minimum absolute atomic E-state index is 0.375. The van der Waals surface area contributed by atoms with Crippen molar-refractivity contribution >= 4 is 5.69 Å². The highest BCUT2D eigenvalue weighted by Crippen LogP contribution is 2.46. The minimum atomic E-state index is 0.375. The highest BCUT2D eigenvalue weighted by atomic mass is 14.9. The molecule has 1 aromatic rings. The fourth-order valence-electron chi connectivity index (χ4n) is 4.02. The van der Waals surface area contributed by atoms with Gasteiger partial charge < -0.3 is 5.32 Å². The quantitative estimate of drug-likeness (QED) is 0.831. The van der Waals surface area contributed by atoms with Crippen LogP contribution in [0.2, 0.25) is 0 Å². The average Bonchev–Trinajstić information content (AvgIpc) is 2.28. The van der Waals surface area contributed by atoms with Crippen molar-refractivity contribution in [1.29, 1.82) is 5.26 Å². The van der Waals surface area contributed by atoms with Crippen molar-refractivity contribution in [2.24, 2.45) is 10.8 Å². The first-order valence-corrected chi connectivity index (χ1v) is 7.48. The summed E-state index contributed by atoms with van der Waals surface area (Å²) >= 11 is 0. The largest absolute Gasteiger partial charge is 0.382 e. The van der Waals surface area contributed by atoms with Gasteiger partial charge in [-0.25, -0.2) is 0 Å². The van der Waals surface area contributed by atoms with Gasteiger partial charge in [-0.05, 0) is 54.7 Å². The van der Waals surface area contributed by atoms with Crippen LogP contribution >= 0.6 is 0 Å². The van der Waals surface area contributed by atoms with Crippen LogP contribution in [0.5, 0.6) is 0 Å². The molecule has 108 valence electrons. The Hall–Kier alpha value is -1.49. The lowest BCUT2D eigenvalue weighted by Crippen LogP contribution is -2.40. The first-order chi connectivity index (χ1) is 9.21. The number of nitrogens with zero attached hydrogens (tertiary/aromatic N) is 1. The molecule has 1 fully saturated rings. The molecule has 2 rings (SSSR count). The van der Waals surface area contributed by atoms with Gasteiger partial charge in [0.25, 0.3) is 0 Å². The Morgan fingerprint density at radius 3 is 2.30 bits per heavy atom. The number of benzene rings is 1. The average molecular weight is 270 g/mol. The van der Waals surface area contributed by atoms with Crippen molar-refractivity contribution in [3.05, 3.63) is 29.3 Å². The van der Waals surface area contributed by atoms with E-state index in [1.54, 1.807) is 0 Å². The zero-order valence-corrected chi connectivity index (χ0v) is 13.4. The van der Waals surface area contributed by atoms with E-state index < -0.39 is 0 Å². The van der Waals surface area contributed by atoms with Crippen molar-refractivity contribution in [1.82, 2.24) is 0 Å². The van der Waals surface area contributed by atoms with Gasteiger partial charge in [0, 0.05) is 11.7 Å². The SMILES string of the molecule is Cc1ccc(C#N)cc1NC1CC(C)(C)CC(C)(C)C1. The lowest BCUT2D eigenvalue weighted by molar-refractivity contribution is 0.105. The van der Waals surface area contributed by atoms with Gasteiger partial charge in [0.1, 0.15) is 0 Å². The first-order valence-electron chi connectivity index (χ1n) is 7.48. The van der Waals surface area contributed by atoms with Crippen LogP contribution < -0.4 is 5.32 Å². The molecule has 0 aliphatic heterocycles. The molecule has 0 spiro atoms. The van der Waals surface area contributed by atoms with Gasteiger partial charge >= 0.3 is 0 Å². The minimum Gasteiger partial charge on any atom is -0.382 e. The normalized spacial score (nSPS) is 21.2. The topological polar surface area (TPSA) is 35.8 Å². The summed E-state index contributed by atoms with van der Waals surface area (Å²) in [6.07, 6.45) is 3.65. The highest BCUT2D eigenvalue weighted by molar-refractivity contribution is 5.55. The zero-order valence-electron chi connectivity index (χ0n) is 13.4. The molecule has 20 heavy (non-hydrogen) atoms. The van der Waals surface area contributed by atoms with Crippen LogP contribution in [0.25, 0.3) is 0 Å². The summed E-state index contributed by atoms with van der Waals surface area (Å²) < 4.78 is 0. The summed E-state index contributed by atoms with van der Waals surface area (Å²) in [6.45, 7) is 11.5. The smallest absolute Gasteiger partial charge is 0.0992 e. The van der Waals surface area contributed by atoms with E-state index in [9.17, 15) is 0 Å². The molecule has 0 amide bonds. The molecule has 0 radical (unpaired) electrons. The second-order valence-electron chi connectivity index (χ2n) is 7.90. The Labute approximate surface area is 123 Å². The maximum absolute atomic E-state index is 9.05. The van der Waals surface area contributed by atoms with Gasteiger partial charge in [-0.3, -0.25) is 0 Å². The molecule has 1 N–H and O–H groups in total. The van der Waals surface area contributed by atoms with E-state index in [2.05, 4.69) is 46.0 Å². The Morgan fingerprint density at radius 1 is 1.15 bits per heavy atom. The van der Waals surface area contributed by atoms with Gasteiger partial charge in [0.05, 0.1) is 11.6 Å². The van der Waals surface area contributed by atoms with Crippen LogP contribution in [-0.4, -0.2) is 6.04 Å². The maximum Gasteiger partial charge on any atom is 0.0992 e. The van der Waals surface area contributed by atoms with Gasteiger partial charge in [0.2, 0.25) is 0 Å². The van der Waals surface area contributed by atoms with Crippen molar-refractivity contribution in [3.63, 3.8) is 0 Å². The first kappa shape index (κ1) is 14.9. The van der Waals surface area contributed by atoms with Crippen LogP contribution in [0, 0.1) is 29.1 Å². The Kier molecular flexibility index (Phi) is 3.82. The third kappa shape index (κ3) is 3.54. The van der Waals surface area contributed by atoms with Crippen molar-refractivity contribution in [2.75, 3.05) is 5.32 Å². The second kappa shape index (κ2) is 5.13. The predicted molar refractivity (Wildman–Crippen MR) is 84.7 cm³/mol. The van der Waals surface area contributed by atoms with Crippen LogP contribution in [0.4, 0.5) is 5.69 Å². The Bertz CT molecular complexity index is 519. The monoisotopic (exact) mass is 270 g/mol. The maximum atomic E-state index is 9.05. The molecular formula is C18H26N2. The van der Waals surface area contributed by atoms with Crippen molar-refractivity contribution in [2.45, 2.75) is 59.9 Å². The van der Waals surface area contributed by atoms with Crippen molar-refractivity contribution in [3.8, 4) is 6.07 Å². The highest BCUT2D eigenvalue weighted by Gasteiger charge is 2.38. The van der Waals surface area contributed by atoms with Gasteiger partial charge in [-0.15, -0.1) is 0 Å². The summed E-state index contributed by atoms with van der Waals surface area (Å²) in [6, 6.07) is 8.60. The summed E-state index contributed by atoms with van der Waals surface area (Å²) in [5.74, 6) is 0.